The number of aliphatic hydroxyl groups is 2. The molecule has 0 radical (unpaired) electrons. The summed E-state index contributed by atoms with van der Waals surface area (Å²) in [4.78, 5) is 21.5. The smallest absolute Gasteiger partial charge is 0.344 e. The Hall–Kier alpha value is -1.35. The van der Waals surface area contributed by atoms with Crippen LogP contribution in [0, 0.1) is 0 Å². The van der Waals surface area contributed by atoms with Crippen molar-refractivity contribution in [3.8, 4) is 0 Å². The zero-order valence-corrected chi connectivity index (χ0v) is 17.0. The van der Waals surface area contributed by atoms with Crippen molar-refractivity contribution in [2.45, 2.75) is 63.8 Å². The average Bonchev–Trinajstić information content (AvgIpc) is 2.91. The summed E-state index contributed by atoms with van der Waals surface area (Å²) >= 11 is 0. The number of rotatable bonds is 10. The number of hydrogen-bond donors (Lipinski definition) is 3. The van der Waals surface area contributed by atoms with Gasteiger partial charge in [-0.05, 0) is 12.5 Å². The number of hydrogen-bond acceptors (Lipinski definition) is 7. The van der Waals surface area contributed by atoms with Crippen molar-refractivity contribution < 1.29 is 43.0 Å². The Morgan fingerprint density at radius 3 is 2.64 bits per heavy atom. The van der Waals surface area contributed by atoms with Gasteiger partial charge in [0.25, 0.3) is 6.23 Å². The number of pyridine rings is 1. The van der Waals surface area contributed by atoms with Crippen LogP contribution in [0.15, 0.2) is 24.5 Å². The number of carbonyl (C=O) groups excluding carboxylic acids is 1. The first-order valence-corrected chi connectivity index (χ1v) is 11.4. The van der Waals surface area contributed by atoms with Gasteiger partial charge in [0.05, 0.1) is 6.61 Å². The lowest BCUT2D eigenvalue weighted by molar-refractivity contribution is -0.767. The minimum atomic E-state index is -3.92. The number of unbranched alkanes of at least 4 members (excludes halogenated alkanes) is 4. The molecule has 0 saturated carbocycles. The Kier molecular flexibility index (Phi) is 8.55. The number of nitrogens with zero attached hydrogens (tertiary/aromatic N) is 1. The number of aliphatic hydroxyl groups excluding tert-OH is 2. The van der Waals surface area contributed by atoms with Crippen LogP contribution in [0.2, 0.25) is 0 Å². The van der Waals surface area contributed by atoms with Gasteiger partial charge in [-0.3, -0.25) is 13.8 Å². The first-order chi connectivity index (χ1) is 13.2. The summed E-state index contributed by atoms with van der Waals surface area (Å²) in [6.45, 7) is 3.42. The molecule has 0 aliphatic carbocycles. The zero-order valence-electron chi connectivity index (χ0n) is 16.1. The van der Waals surface area contributed by atoms with Gasteiger partial charge in [-0.1, -0.05) is 32.6 Å². The van der Waals surface area contributed by atoms with E-state index in [9.17, 15) is 24.5 Å². The van der Waals surface area contributed by atoms with Crippen molar-refractivity contribution in [2.75, 3.05) is 13.3 Å². The van der Waals surface area contributed by atoms with E-state index in [1.807, 2.05) is 0 Å². The Balaban J connectivity index is 1.96. The van der Waals surface area contributed by atoms with Gasteiger partial charge in [0.2, 0.25) is 6.29 Å². The molecule has 3 N–H and O–H groups in total. The second kappa shape index (κ2) is 10.4. The molecule has 9 nitrogen and oxygen atoms in total. The summed E-state index contributed by atoms with van der Waals surface area (Å²) in [5.74, 6) is -0.501. The minimum Gasteiger partial charge on any atom is -0.462 e. The lowest BCUT2D eigenvalue weighted by atomic mass is 10.2. The zero-order chi connectivity index (χ0) is 20.7. The molecule has 1 unspecified atom stereocenters. The van der Waals surface area contributed by atoms with E-state index in [2.05, 4.69) is 6.92 Å². The molecule has 28 heavy (non-hydrogen) atoms. The molecule has 2 rings (SSSR count). The Morgan fingerprint density at radius 1 is 1.25 bits per heavy atom. The van der Waals surface area contributed by atoms with E-state index in [0.29, 0.717) is 6.61 Å². The number of ether oxygens (including phenoxy) is 2. The largest absolute Gasteiger partial charge is 0.462 e. The number of aromatic nitrogens is 1. The van der Waals surface area contributed by atoms with Crippen LogP contribution in [-0.2, 0) is 18.6 Å². The van der Waals surface area contributed by atoms with E-state index in [1.165, 1.54) is 17.0 Å². The van der Waals surface area contributed by atoms with E-state index in [-0.39, 0.29) is 5.56 Å². The van der Waals surface area contributed by atoms with Crippen molar-refractivity contribution in [3.05, 3.63) is 30.1 Å². The molecular formula is C18H29NO8P+. The van der Waals surface area contributed by atoms with E-state index in [0.717, 1.165) is 38.8 Å². The van der Waals surface area contributed by atoms with Gasteiger partial charge in [0.1, 0.15) is 11.7 Å². The van der Waals surface area contributed by atoms with Gasteiger partial charge in [0.15, 0.2) is 18.5 Å². The van der Waals surface area contributed by atoms with Gasteiger partial charge in [0, 0.05) is 12.7 Å². The lowest BCUT2D eigenvalue weighted by Crippen LogP contribution is -2.46. The topological polar surface area (TPSA) is 126 Å². The second-order valence-electron chi connectivity index (χ2n) is 6.87. The molecule has 0 bridgehead atoms. The maximum Gasteiger partial charge on any atom is 0.344 e. The van der Waals surface area contributed by atoms with Crippen LogP contribution >= 0.6 is 7.60 Å². The van der Waals surface area contributed by atoms with Crippen molar-refractivity contribution in [2.24, 2.45) is 0 Å². The summed E-state index contributed by atoms with van der Waals surface area (Å²) in [5.41, 5.74) is 0.258. The average molecular weight is 418 g/mol. The van der Waals surface area contributed by atoms with E-state index < -0.39 is 38.3 Å². The van der Waals surface area contributed by atoms with E-state index in [4.69, 9.17) is 14.0 Å². The fourth-order valence-corrected chi connectivity index (χ4v) is 3.44. The maximum atomic E-state index is 12.2. The van der Waals surface area contributed by atoms with Gasteiger partial charge in [-0.15, -0.1) is 0 Å². The molecule has 1 aromatic heterocycles. The van der Waals surface area contributed by atoms with Crippen molar-refractivity contribution in [3.63, 3.8) is 0 Å². The predicted octanol–water partition coefficient (Wildman–Crippen LogP) is 1.51. The molecule has 0 aromatic carbocycles. The maximum absolute atomic E-state index is 12.2. The molecule has 0 spiro atoms. The molecule has 1 fully saturated rings. The van der Waals surface area contributed by atoms with Gasteiger partial charge >= 0.3 is 13.6 Å². The molecule has 10 heteroatoms. The van der Waals surface area contributed by atoms with Crippen LogP contribution in [0.1, 0.15) is 55.6 Å². The standard InChI is InChI=1S/C18H28NO8P/c1-3-4-5-6-7-11-25-17(22)13-9-8-10-19(12-13)16-14(20)15(21)18(26-16)27-28(2,23)24/h8-10,12,14-16,18,20-21H,3-7,11H2,1-2H3/p+1/t14-,15+,16+,18+/m0/s1. The van der Waals surface area contributed by atoms with E-state index >= 15 is 0 Å². The molecule has 2 heterocycles. The molecule has 1 aliphatic rings. The van der Waals surface area contributed by atoms with Crippen LogP contribution in [0.4, 0.5) is 0 Å². The fourth-order valence-electron chi connectivity index (χ4n) is 2.88. The summed E-state index contributed by atoms with van der Waals surface area (Å²) in [5, 5.41) is 20.2. The third kappa shape index (κ3) is 6.62. The quantitative estimate of drug-likeness (QED) is 0.226. The highest BCUT2D eigenvalue weighted by Gasteiger charge is 2.50. The highest BCUT2D eigenvalue weighted by Crippen LogP contribution is 2.42. The van der Waals surface area contributed by atoms with E-state index in [1.54, 1.807) is 12.1 Å². The Labute approximate surface area is 164 Å². The minimum absolute atomic E-state index is 0.258. The van der Waals surface area contributed by atoms with Crippen molar-refractivity contribution >= 4 is 13.6 Å². The summed E-state index contributed by atoms with van der Waals surface area (Å²) in [7, 11) is -3.92. The van der Waals surface area contributed by atoms with Crippen LogP contribution in [0.3, 0.4) is 0 Å². The first-order valence-electron chi connectivity index (χ1n) is 9.41. The third-order valence-electron chi connectivity index (χ3n) is 4.33. The highest BCUT2D eigenvalue weighted by atomic mass is 31.2. The monoisotopic (exact) mass is 418 g/mol. The third-order valence-corrected chi connectivity index (χ3v) is 4.93. The van der Waals surface area contributed by atoms with Crippen molar-refractivity contribution in [1.82, 2.24) is 0 Å². The molecular weight excluding hydrogens is 389 g/mol. The second-order valence-corrected chi connectivity index (χ2v) is 8.69. The SMILES string of the molecule is CCCCCCCOC(=O)c1ccc[n+]([C@@H]2O[C@H](OP(C)(=O)O)[C@H](O)[C@@H]2O)c1. The van der Waals surface area contributed by atoms with Crippen LogP contribution in [0.5, 0.6) is 0 Å². The molecule has 0 amide bonds. The highest BCUT2D eigenvalue weighted by molar-refractivity contribution is 7.51. The fraction of sp³-hybridized carbons (Fsp3) is 0.667. The van der Waals surface area contributed by atoms with Gasteiger partial charge in [-0.2, -0.15) is 4.57 Å². The number of esters is 1. The normalized spacial score (nSPS) is 26.8. The molecule has 1 aromatic rings. The molecule has 5 atom stereocenters. The van der Waals surface area contributed by atoms with Gasteiger partial charge in [-0.25, -0.2) is 4.79 Å². The Morgan fingerprint density at radius 2 is 1.96 bits per heavy atom. The lowest BCUT2D eigenvalue weighted by Gasteiger charge is -2.15. The Bertz CT molecular complexity index is 694. The van der Waals surface area contributed by atoms with Crippen LogP contribution in [0.25, 0.3) is 0 Å². The molecule has 1 saturated heterocycles. The van der Waals surface area contributed by atoms with Crippen LogP contribution in [-0.4, -0.2) is 52.8 Å². The van der Waals surface area contributed by atoms with Crippen LogP contribution < -0.4 is 4.57 Å². The summed E-state index contributed by atoms with van der Waals surface area (Å²) in [6, 6.07) is 3.14. The van der Waals surface area contributed by atoms with Crippen molar-refractivity contribution in [1.29, 1.82) is 0 Å². The molecule has 158 valence electrons. The van der Waals surface area contributed by atoms with Gasteiger partial charge < -0.3 is 19.8 Å². The first kappa shape index (κ1) is 22.9. The number of carbonyl (C=O) groups is 1. The molecule has 1 aliphatic heterocycles. The summed E-state index contributed by atoms with van der Waals surface area (Å²) < 4.78 is 28.2. The predicted molar refractivity (Wildman–Crippen MR) is 98.4 cm³/mol. The summed E-state index contributed by atoms with van der Waals surface area (Å²) in [6.07, 6.45) is 2.70.